The van der Waals surface area contributed by atoms with Crippen LogP contribution in [0, 0.1) is 0 Å². The molecule has 2 aromatic heterocycles. The third kappa shape index (κ3) is 4.00. The summed E-state index contributed by atoms with van der Waals surface area (Å²) in [5.74, 6) is -1.09. The van der Waals surface area contributed by atoms with E-state index >= 15 is 0 Å². The minimum Gasteiger partial charge on any atom is -0.477 e. The molecular formula is C11H9BrN4O3S. The molecule has 2 heterocycles. The van der Waals surface area contributed by atoms with Crippen molar-refractivity contribution in [1.29, 1.82) is 0 Å². The number of nitrogens with zero attached hydrogens (tertiary/aromatic N) is 2. The lowest BCUT2D eigenvalue weighted by atomic mass is 10.2. The Bertz CT molecular complexity index is 629. The number of carbonyl (C=O) groups is 2. The van der Waals surface area contributed by atoms with E-state index in [1.54, 1.807) is 12.3 Å². The molecule has 104 valence electrons. The number of hydrogen-bond donors (Lipinski definition) is 3. The first-order chi connectivity index (χ1) is 9.54. The van der Waals surface area contributed by atoms with Crippen molar-refractivity contribution in [3.05, 3.63) is 39.6 Å². The van der Waals surface area contributed by atoms with Crippen LogP contribution in [-0.2, 0) is 6.54 Å². The van der Waals surface area contributed by atoms with Gasteiger partial charge < -0.3 is 10.4 Å². The maximum Gasteiger partial charge on any atom is 0.354 e. The van der Waals surface area contributed by atoms with Gasteiger partial charge >= 0.3 is 12.0 Å². The fraction of sp³-hybridized carbons (Fsp3) is 0.0909. The summed E-state index contributed by atoms with van der Waals surface area (Å²) in [7, 11) is 0. The van der Waals surface area contributed by atoms with Gasteiger partial charge in [-0.15, -0.1) is 0 Å². The fourth-order valence-corrected chi connectivity index (χ4v) is 2.39. The molecule has 0 fully saturated rings. The predicted octanol–water partition coefficient (Wildman–Crippen LogP) is 2.32. The summed E-state index contributed by atoms with van der Waals surface area (Å²) in [6.45, 7) is 0.241. The Balaban J connectivity index is 1.85. The van der Waals surface area contributed by atoms with Crippen LogP contribution in [0.25, 0.3) is 0 Å². The van der Waals surface area contributed by atoms with E-state index in [1.165, 1.54) is 23.6 Å². The SMILES string of the molecule is O=C(NCc1ccc(C(=O)O)nc1)Nc1ncc(Br)s1. The lowest BCUT2D eigenvalue weighted by Gasteiger charge is -2.05. The molecule has 2 aromatic rings. The van der Waals surface area contributed by atoms with Crippen LogP contribution in [0.15, 0.2) is 28.3 Å². The number of pyridine rings is 1. The van der Waals surface area contributed by atoms with Gasteiger partial charge in [-0.2, -0.15) is 0 Å². The Kier molecular flexibility index (Phi) is 4.64. The smallest absolute Gasteiger partial charge is 0.354 e. The van der Waals surface area contributed by atoms with Gasteiger partial charge in [0, 0.05) is 12.7 Å². The summed E-state index contributed by atoms with van der Waals surface area (Å²) < 4.78 is 0.821. The topological polar surface area (TPSA) is 104 Å². The van der Waals surface area contributed by atoms with Crippen LogP contribution < -0.4 is 10.6 Å². The third-order valence-electron chi connectivity index (χ3n) is 2.19. The lowest BCUT2D eigenvalue weighted by Crippen LogP contribution is -2.28. The molecule has 0 spiro atoms. The molecule has 0 radical (unpaired) electrons. The van der Waals surface area contributed by atoms with Crippen molar-refractivity contribution in [3.63, 3.8) is 0 Å². The Hall–Kier alpha value is -2.00. The minimum atomic E-state index is -1.09. The molecule has 0 unspecified atom stereocenters. The van der Waals surface area contributed by atoms with Crippen molar-refractivity contribution in [3.8, 4) is 0 Å². The second-order valence-electron chi connectivity index (χ2n) is 3.63. The molecule has 3 N–H and O–H groups in total. The van der Waals surface area contributed by atoms with Crippen LogP contribution >= 0.6 is 27.3 Å². The first-order valence-electron chi connectivity index (χ1n) is 5.39. The van der Waals surface area contributed by atoms with Gasteiger partial charge in [-0.25, -0.2) is 19.6 Å². The minimum absolute atomic E-state index is 0.0363. The van der Waals surface area contributed by atoms with Gasteiger partial charge in [0.05, 0.1) is 9.98 Å². The second kappa shape index (κ2) is 6.44. The van der Waals surface area contributed by atoms with Gasteiger partial charge in [-0.1, -0.05) is 17.4 Å². The van der Waals surface area contributed by atoms with Gasteiger partial charge in [0.25, 0.3) is 0 Å². The van der Waals surface area contributed by atoms with E-state index in [2.05, 4.69) is 36.5 Å². The van der Waals surface area contributed by atoms with E-state index in [0.29, 0.717) is 10.7 Å². The van der Waals surface area contributed by atoms with Crippen LogP contribution in [0.2, 0.25) is 0 Å². The molecule has 0 aromatic carbocycles. The van der Waals surface area contributed by atoms with Gasteiger partial charge in [-0.05, 0) is 27.6 Å². The Morgan fingerprint density at radius 3 is 2.65 bits per heavy atom. The average Bonchev–Trinajstić information content (AvgIpc) is 2.82. The highest BCUT2D eigenvalue weighted by Gasteiger charge is 2.06. The Labute approximate surface area is 126 Å². The molecule has 9 heteroatoms. The molecule has 2 amide bonds. The maximum absolute atomic E-state index is 11.6. The molecule has 0 aliphatic carbocycles. The van der Waals surface area contributed by atoms with E-state index in [9.17, 15) is 9.59 Å². The van der Waals surface area contributed by atoms with E-state index in [-0.39, 0.29) is 12.2 Å². The molecule has 0 atom stereocenters. The summed E-state index contributed by atoms with van der Waals surface area (Å²) >= 11 is 4.54. The number of hydrogen-bond acceptors (Lipinski definition) is 5. The lowest BCUT2D eigenvalue weighted by molar-refractivity contribution is 0.0690. The van der Waals surface area contributed by atoms with Gasteiger partial charge in [0.15, 0.2) is 5.13 Å². The van der Waals surface area contributed by atoms with Gasteiger partial charge in [0.1, 0.15) is 5.69 Å². The van der Waals surface area contributed by atoms with Gasteiger partial charge in [0.2, 0.25) is 0 Å². The molecule has 0 saturated carbocycles. The predicted molar refractivity (Wildman–Crippen MR) is 76.9 cm³/mol. The number of aromatic nitrogens is 2. The number of urea groups is 1. The summed E-state index contributed by atoms with van der Waals surface area (Å²) in [6.07, 6.45) is 3.00. The van der Waals surface area contributed by atoms with Crippen molar-refractivity contribution in [2.24, 2.45) is 0 Å². The number of aromatic carboxylic acids is 1. The number of halogens is 1. The molecule has 0 aliphatic heterocycles. The van der Waals surface area contributed by atoms with Crippen LogP contribution in [0.1, 0.15) is 16.1 Å². The number of anilines is 1. The second-order valence-corrected chi connectivity index (χ2v) is 6.04. The summed E-state index contributed by atoms with van der Waals surface area (Å²) in [5, 5.41) is 14.4. The number of carbonyl (C=O) groups excluding carboxylic acids is 1. The summed E-state index contributed by atoms with van der Waals surface area (Å²) in [6, 6.07) is 2.58. The highest BCUT2D eigenvalue weighted by atomic mass is 79.9. The molecule has 0 aliphatic rings. The quantitative estimate of drug-likeness (QED) is 0.779. The van der Waals surface area contributed by atoms with Crippen LogP contribution in [0.5, 0.6) is 0 Å². The summed E-state index contributed by atoms with van der Waals surface area (Å²) in [4.78, 5) is 29.9. The first-order valence-corrected chi connectivity index (χ1v) is 7.00. The zero-order valence-electron chi connectivity index (χ0n) is 9.96. The Morgan fingerprint density at radius 1 is 1.30 bits per heavy atom. The van der Waals surface area contributed by atoms with E-state index < -0.39 is 12.0 Å². The largest absolute Gasteiger partial charge is 0.477 e. The standard InChI is InChI=1S/C11H9BrN4O3S/c12-8-5-15-11(20-8)16-10(19)14-4-6-1-2-7(9(17)18)13-3-6/h1-3,5H,4H2,(H,17,18)(H2,14,15,16,19). The molecule has 7 nitrogen and oxygen atoms in total. The highest BCUT2D eigenvalue weighted by molar-refractivity contribution is 9.11. The van der Waals surface area contributed by atoms with E-state index in [0.717, 1.165) is 3.79 Å². The number of carboxylic acids is 1. The highest BCUT2D eigenvalue weighted by Crippen LogP contribution is 2.22. The van der Waals surface area contributed by atoms with Crippen LogP contribution in [0.4, 0.5) is 9.93 Å². The van der Waals surface area contributed by atoms with Crippen molar-refractivity contribution in [1.82, 2.24) is 15.3 Å². The number of amides is 2. The van der Waals surface area contributed by atoms with Gasteiger partial charge in [-0.3, -0.25) is 5.32 Å². The molecule has 20 heavy (non-hydrogen) atoms. The first kappa shape index (κ1) is 14.4. The average molecular weight is 357 g/mol. The van der Waals surface area contributed by atoms with E-state index in [1.807, 2.05) is 0 Å². The Morgan fingerprint density at radius 2 is 2.10 bits per heavy atom. The van der Waals surface area contributed by atoms with Crippen molar-refractivity contribution >= 4 is 44.4 Å². The van der Waals surface area contributed by atoms with Crippen molar-refractivity contribution in [2.45, 2.75) is 6.54 Å². The molecular weight excluding hydrogens is 348 g/mol. The zero-order chi connectivity index (χ0) is 14.5. The molecule has 0 saturated heterocycles. The van der Waals surface area contributed by atoms with E-state index in [4.69, 9.17) is 5.11 Å². The number of rotatable bonds is 4. The monoisotopic (exact) mass is 356 g/mol. The zero-order valence-corrected chi connectivity index (χ0v) is 12.4. The number of nitrogens with one attached hydrogen (secondary N) is 2. The van der Waals surface area contributed by atoms with Crippen molar-refractivity contribution < 1.29 is 14.7 Å². The molecule has 2 rings (SSSR count). The van der Waals surface area contributed by atoms with Crippen molar-refractivity contribution in [2.75, 3.05) is 5.32 Å². The summed E-state index contributed by atoms with van der Waals surface area (Å²) in [5.41, 5.74) is 0.663. The number of thiazole rings is 1. The molecule has 0 bridgehead atoms. The van der Waals surface area contributed by atoms with Crippen LogP contribution in [0.3, 0.4) is 0 Å². The van der Waals surface area contributed by atoms with Crippen LogP contribution in [-0.4, -0.2) is 27.1 Å². The third-order valence-corrected chi connectivity index (χ3v) is 3.59. The number of carboxylic acid groups (broad SMARTS) is 1. The normalized spacial score (nSPS) is 10.1. The fourth-order valence-electron chi connectivity index (χ4n) is 1.29. The maximum atomic E-state index is 11.6.